The largest absolute Gasteiger partial charge is 0.316 e. The number of hydrogen-bond donors (Lipinski definition) is 1. The van der Waals surface area contributed by atoms with Gasteiger partial charge in [0.15, 0.2) is 4.34 Å². The van der Waals surface area contributed by atoms with Gasteiger partial charge in [0.1, 0.15) is 6.33 Å². The van der Waals surface area contributed by atoms with E-state index in [0.29, 0.717) is 0 Å². The second-order valence-corrected chi connectivity index (χ2v) is 5.60. The molecule has 1 aromatic carbocycles. The number of hydrogen-bond acceptors (Lipinski definition) is 5. The molecule has 0 aliphatic heterocycles. The van der Waals surface area contributed by atoms with Crippen molar-refractivity contribution in [3.63, 3.8) is 0 Å². The van der Waals surface area contributed by atoms with E-state index >= 15 is 0 Å². The van der Waals surface area contributed by atoms with Crippen LogP contribution < -0.4 is 5.32 Å². The summed E-state index contributed by atoms with van der Waals surface area (Å²) in [4.78, 5) is 5.27. The van der Waals surface area contributed by atoms with E-state index < -0.39 is 0 Å². The zero-order valence-corrected chi connectivity index (χ0v) is 11.0. The number of nitrogens with zero attached hydrogens (tertiary/aromatic N) is 2. The van der Waals surface area contributed by atoms with E-state index in [-0.39, 0.29) is 0 Å². The lowest BCUT2D eigenvalue weighted by Gasteiger charge is -2.07. The molecule has 0 atom stereocenters. The van der Waals surface area contributed by atoms with Crippen LogP contribution in [0.3, 0.4) is 0 Å². The zero-order chi connectivity index (χ0) is 11.4. The first-order valence-electron chi connectivity index (χ1n) is 4.67. The van der Waals surface area contributed by atoms with Crippen LogP contribution in [0, 0.1) is 0 Å². The van der Waals surface area contributed by atoms with Crippen LogP contribution in [0.5, 0.6) is 0 Å². The summed E-state index contributed by atoms with van der Waals surface area (Å²) in [5.74, 6) is 0. The molecular formula is C10H10ClN3S2. The second-order valence-electron chi connectivity index (χ2n) is 3.09. The van der Waals surface area contributed by atoms with Crippen molar-refractivity contribution in [2.45, 2.75) is 15.8 Å². The first-order valence-corrected chi connectivity index (χ1v) is 6.64. The highest BCUT2D eigenvalue weighted by Crippen LogP contribution is 2.32. The maximum absolute atomic E-state index is 5.99. The lowest BCUT2D eigenvalue weighted by Crippen LogP contribution is -2.05. The Balaban J connectivity index is 2.26. The molecule has 0 amide bonds. The van der Waals surface area contributed by atoms with Gasteiger partial charge in [-0.1, -0.05) is 29.4 Å². The van der Waals surface area contributed by atoms with Gasteiger partial charge in [-0.05, 0) is 36.3 Å². The fourth-order valence-corrected chi connectivity index (χ4v) is 3.07. The van der Waals surface area contributed by atoms with E-state index in [1.54, 1.807) is 18.1 Å². The number of benzene rings is 1. The van der Waals surface area contributed by atoms with Gasteiger partial charge in [-0.15, -0.1) is 0 Å². The van der Waals surface area contributed by atoms with Gasteiger partial charge < -0.3 is 5.32 Å². The highest BCUT2D eigenvalue weighted by molar-refractivity contribution is 8.01. The Morgan fingerprint density at radius 2 is 2.38 bits per heavy atom. The van der Waals surface area contributed by atoms with Gasteiger partial charge in [-0.25, -0.2) is 4.98 Å². The SMILES string of the molecule is CNCc1ccc(Cl)cc1Sc1ncns1. The lowest BCUT2D eigenvalue weighted by atomic mass is 10.2. The Labute approximate surface area is 107 Å². The van der Waals surface area contributed by atoms with Crippen molar-refractivity contribution >= 4 is 34.9 Å². The standard InChI is InChI=1S/C10H10ClN3S2/c1-12-5-7-2-3-8(11)4-9(7)15-10-13-6-14-16-10/h2-4,6,12H,5H2,1H3. The normalized spacial score (nSPS) is 10.6. The first-order chi connectivity index (χ1) is 7.79. The number of rotatable bonds is 4. The number of aromatic nitrogens is 2. The molecule has 0 saturated carbocycles. The van der Waals surface area contributed by atoms with Gasteiger partial charge in [0.2, 0.25) is 0 Å². The molecule has 2 rings (SSSR count). The van der Waals surface area contributed by atoms with Crippen LogP contribution in [0.1, 0.15) is 5.56 Å². The lowest BCUT2D eigenvalue weighted by molar-refractivity contribution is 0.803. The molecule has 84 valence electrons. The molecule has 1 aromatic heterocycles. The Morgan fingerprint density at radius 1 is 1.50 bits per heavy atom. The van der Waals surface area contributed by atoms with Crippen molar-refractivity contribution < 1.29 is 0 Å². The molecule has 0 fully saturated rings. The summed E-state index contributed by atoms with van der Waals surface area (Å²) in [6.07, 6.45) is 1.56. The summed E-state index contributed by atoms with van der Waals surface area (Å²) in [6, 6.07) is 5.89. The predicted molar refractivity (Wildman–Crippen MR) is 68.2 cm³/mol. The third-order valence-electron chi connectivity index (χ3n) is 1.93. The van der Waals surface area contributed by atoms with Gasteiger partial charge in [-0.2, -0.15) is 4.37 Å². The molecule has 1 heterocycles. The Morgan fingerprint density at radius 3 is 3.06 bits per heavy atom. The fraction of sp³-hybridized carbons (Fsp3) is 0.200. The summed E-state index contributed by atoms with van der Waals surface area (Å²) in [5, 5.41) is 3.88. The molecule has 0 radical (unpaired) electrons. The predicted octanol–water partition coefficient (Wildman–Crippen LogP) is 3.06. The molecule has 2 aromatic rings. The highest BCUT2D eigenvalue weighted by Gasteiger charge is 2.07. The Kier molecular flexibility index (Phi) is 4.17. The molecule has 0 spiro atoms. The quantitative estimate of drug-likeness (QED) is 0.928. The second kappa shape index (κ2) is 5.63. The van der Waals surface area contributed by atoms with Gasteiger partial charge in [0, 0.05) is 16.5 Å². The Bertz CT molecular complexity index is 459. The van der Waals surface area contributed by atoms with Crippen molar-refractivity contribution in [1.29, 1.82) is 0 Å². The highest BCUT2D eigenvalue weighted by atomic mass is 35.5. The van der Waals surface area contributed by atoms with E-state index in [0.717, 1.165) is 20.8 Å². The third-order valence-corrected chi connectivity index (χ3v) is 3.98. The summed E-state index contributed by atoms with van der Waals surface area (Å²) in [5.41, 5.74) is 1.21. The van der Waals surface area contributed by atoms with E-state index in [1.165, 1.54) is 17.1 Å². The molecule has 0 saturated heterocycles. The average Bonchev–Trinajstić information content (AvgIpc) is 2.75. The third kappa shape index (κ3) is 2.95. The van der Waals surface area contributed by atoms with Crippen LogP contribution in [-0.4, -0.2) is 16.4 Å². The summed E-state index contributed by atoms with van der Waals surface area (Å²) < 4.78 is 4.91. The average molecular weight is 272 g/mol. The Hall–Kier alpha value is -0.620. The molecule has 0 aliphatic rings. The minimum Gasteiger partial charge on any atom is -0.316 e. The molecule has 0 aliphatic carbocycles. The van der Waals surface area contributed by atoms with Crippen LogP contribution in [-0.2, 0) is 6.54 Å². The van der Waals surface area contributed by atoms with Crippen molar-refractivity contribution in [2.24, 2.45) is 0 Å². The molecule has 1 N–H and O–H groups in total. The topological polar surface area (TPSA) is 37.8 Å². The van der Waals surface area contributed by atoms with Gasteiger partial charge in [0.05, 0.1) is 0 Å². The van der Waals surface area contributed by atoms with Crippen LogP contribution in [0.2, 0.25) is 5.02 Å². The fourth-order valence-electron chi connectivity index (χ4n) is 1.26. The molecule has 16 heavy (non-hydrogen) atoms. The maximum Gasteiger partial charge on any atom is 0.174 e. The van der Waals surface area contributed by atoms with Crippen molar-refractivity contribution in [2.75, 3.05) is 7.05 Å². The maximum atomic E-state index is 5.99. The number of halogens is 1. The molecule has 0 bridgehead atoms. The summed E-state index contributed by atoms with van der Waals surface area (Å²) in [6.45, 7) is 0.818. The smallest absolute Gasteiger partial charge is 0.174 e. The van der Waals surface area contributed by atoms with E-state index in [9.17, 15) is 0 Å². The monoisotopic (exact) mass is 271 g/mol. The van der Waals surface area contributed by atoms with Crippen molar-refractivity contribution in [3.05, 3.63) is 35.1 Å². The van der Waals surface area contributed by atoms with Gasteiger partial charge in [0.25, 0.3) is 0 Å². The van der Waals surface area contributed by atoms with Crippen molar-refractivity contribution in [3.8, 4) is 0 Å². The summed E-state index contributed by atoms with van der Waals surface area (Å²) in [7, 11) is 1.92. The van der Waals surface area contributed by atoms with Gasteiger partial charge >= 0.3 is 0 Å². The van der Waals surface area contributed by atoms with Gasteiger partial charge in [-0.3, -0.25) is 0 Å². The van der Waals surface area contributed by atoms with E-state index in [4.69, 9.17) is 11.6 Å². The molecule has 3 nitrogen and oxygen atoms in total. The first kappa shape index (κ1) is 11.9. The minimum absolute atomic E-state index is 0.742. The van der Waals surface area contributed by atoms with E-state index in [1.807, 2.05) is 25.2 Å². The molecular weight excluding hydrogens is 262 g/mol. The zero-order valence-electron chi connectivity index (χ0n) is 8.61. The number of nitrogens with one attached hydrogen (secondary N) is 1. The molecule has 6 heteroatoms. The van der Waals surface area contributed by atoms with E-state index in [2.05, 4.69) is 14.7 Å². The van der Waals surface area contributed by atoms with Crippen LogP contribution in [0.15, 0.2) is 33.8 Å². The van der Waals surface area contributed by atoms with Crippen LogP contribution in [0.4, 0.5) is 0 Å². The molecule has 0 unspecified atom stereocenters. The van der Waals surface area contributed by atoms with Crippen molar-refractivity contribution in [1.82, 2.24) is 14.7 Å². The van der Waals surface area contributed by atoms with Crippen LogP contribution >= 0.6 is 34.9 Å². The minimum atomic E-state index is 0.742. The summed E-state index contributed by atoms with van der Waals surface area (Å²) >= 11 is 8.98. The van der Waals surface area contributed by atoms with Crippen LogP contribution in [0.25, 0.3) is 0 Å².